The lowest BCUT2D eigenvalue weighted by Gasteiger charge is -2.60. The molecule has 77 heavy (non-hydrogen) atoms. The summed E-state index contributed by atoms with van der Waals surface area (Å²) in [6, 6.07) is 0. The van der Waals surface area contributed by atoms with Gasteiger partial charge in [0.15, 0.2) is 9.84 Å². The van der Waals surface area contributed by atoms with Gasteiger partial charge >= 0.3 is 0 Å². The van der Waals surface area contributed by atoms with Crippen LogP contribution in [0.25, 0.3) is 0 Å². The summed E-state index contributed by atoms with van der Waals surface area (Å²) in [6.45, 7) is 26.5. The van der Waals surface area contributed by atoms with E-state index in [4.69, 9.17) is 4.74 Å². The van der Waals surface area contributed by atoms with Crippen molar-refractivity contribution < 1.29 is 18.3 Å². The molecule has 14 unspecified atom stereocenters. The Balaban J connectivity index is 0.825. The van der Waals surface area contributed by atoms with Crippen LogP contribution in [0.3, 0.4) is 0 Å². The molecule has 14 atom stereocenters. The number of allylic oxidation sites excluding steroid dienone is 4. The largest absolute Gasteiger partial charge is 0.389 e. The highest BCUT2D eigenvalue weighted by molar-refractivity contribution is 7.94. The Kier molecular flexibility index (Phi) is 10.8. The predicted octanol–water partition coefficient (Wildman–Crippen LogP) is 19.1. The van der Waals surface area contributed by atoms with Gasteiger partial charge in [0.25, 0.3) is 0 Å². The first kappa shape index (κ1) is 52.9. The average Bonchev–Trinajstić information content (AvgIpc) is 2.57. The summed E-state index contributed by atoms with van der Waals surface area (Å²) in [5.74, 6) is 0.743. The topological polar surface area (TPSA) is 63.6 Å². The summed E-state index contributed by atoms with van der Waals surface area (Å²) in [6.07, 6.45) is 44.4. The number of sulfone groups is 1. The molecule has 14 bridgehead atoms. The molecule has 0 aromatic heterocycles. The smallest absolute Gasteiger partial charge is 0.163 e. The Bertz CT molecular complexity index is 2790. The molecule has 0 heterocycles. The molecule has 5 heteroatoms. The number of aliphatic hydroxyl groups is 1. The van der Waals surface area contributed by atoms with Crippen molar-refractivity contribution >= 4 is 9.84 Å². The van der Waals surface area contributed by atoms with Crippen molar-refractivity contribution in [3.63, 3.8) is 0 Å². The second kappa shape index (κ2) is 15.7. The van der Waals surface area contributed by atoms with Crippen molar-refractivity contribution in [3.8, 4) is 0 Å². The van der Waals surface area contributed by atoms with Crippen LogP contribution in [0, 0.1) is 65.5 Å². The van der Waals surface area contributed by atoms with Crippen molar-refractivity contribution in [2.75, 3.05) is 0 Å². The zero-order valence-corrected chi connectivity index (χ0v) is 52.1. The zero-order chi connectivity index (χ0) is 53.8. The van der Waals surface area contributed by atoms with Crippen molar-refractivity contribution in [3.05, 3.63) is 33.4 Å². The van der Waals surface area contributed by atoms with E-state index in [1.165, 1.54) is 109 Å². The lowest BCUT2D eigenvalue weighted by Crippen LogP contribution is -2.64. The van der Waals surface area contributed by atoms with Crippen LogP contribution in [0.5, 0.6) is 0 Å². The van der Waals surface area contributed by atoms with Crippen molar-refractivity contribution in [1.82, 2.24) is 0 Å². The Labute approximate surface area is 470 Å². The van der Waals surface area contributed by atoms with Gasteiger partial charge in [-0.3, -0.25) is 0 Å². The van der Waals surface area contributed by atoms with Gasteiger partial charge in [0.1, 0.15) is 0 Å². The maximum absolute atomic E-state index is 17.3. The minimum absolute atomic E-state index is 0.00704. The molecule has 1 N–H and O–H groups in total. The van der Waals surface area contributed by atoms with E-state index in [2.05, 4.69) is 69.2 Å². The van der Waals surface area contributed by atoms with Gasteiger partial charge < -0.3 is 9.84 Å². The summed E-state index contributed by atoms with van der Waals surface area (Å²) < 4.78 is 41.9. The SMILES string of the molecule is CC(C)C12CCCC3(C45CCCC6(OC78CCCC9(S(=O)(=O)C%10%11CCCC(O)(CCC%10)C%10(C)CCCCC%11(C)CCC%10)CC%10=C7C8(C)CCCC9(C)C%10)CC7=C4C5(C)CCCCC6(C)C7)CC4=C1C2(C)CCCC3(C)CC4. The van der Waals surface area contributed by atoms with Crippen molar-refractivity contribution in [2.45, 2.75) is 346 Å². The van der Waals surface area contributed by atoms with E-state index >= 15 is 8.42 Å². The minimum Gasteiger partial charge on any atom is -0.389 e. The highest BCUT2D eigenvalue weighted by atomic mass is 32.2. The Morgan fingerprint density at radius 2 is 0.935 bits per heavy atom. The third kappa shape index (κ3) is 5.71. The summed E-state index contributed by atoms with van der Waals surface area (Å²) in [4.78, 5) is 0. The number of fused-ring (bicyclic) bond motifs is 15. The first-order valence-corrected chi connectivity index (χ1v) is 35.6. The molecular weight excluding hydrogens is 961 g/mol. The maximum atomic E-state index is 17.3. The highest BCUT2D eigenvalue weighted by Gasteiger charge is 2.85. The fraction of sp³-hybridized carbons (Fsp3) is 0.917. The van der Waals surface area contributed by atoms with Gasteiger partial charge in [0.2, 0.25) is 0 Å². The Hall–Kier alpha value is -0.910. The summed E-state index contributed by atoms with van der Waals surface area (Å²) in [5, 5.41) is 12.7. The van der Waals surface area contributed by atoms with Crippen molar-refractivity contribution in [1.29, 1.82) is 0 Å². The molecular formula is C72H110O4S. The van der Waals surface area contributed by atoms with Gasteiger partial charge in [0, 0.05) is 21.7 Å². The third-order valence-electron chi connectivity index (χ3n) is 32.5. The van der Waals surface area contributed by atoms with E-state index < -0.39 is 24.9 Å². The van der Waals surface area contributed by atoms with E-state index in [-0.39, 0.29) is 38.3 Å². The zero-order valence-electron chi connectivity index (χ0n) is 51.2. The minimum atomic E-state index is -3.67. The van der Waals surface area contributed by atoms with E-state index in [0.29, 0.717) is 32.5 Å². The molecule has 0 radical (unpaired) electrons. The molecule has 0 amide bonds. The van der Waals surface area contributed by atoms with E-state index in [0.717, 1.165) is 147 Å². The van der Waals surface area contributed by atoms with Gasteiger partial charge in [-0.25, -0.2) is 8.42 Å². The van der Waals surface area contributed by atoms with Crippen LogP contribution in [0.1, 0.15) is 320 Å². The number of hydrogen-bond donors (Lipinski definition) is 1. The van der Waals surface area contributed by atoms with Crippen molar-refractivity contribution in [2.24, 2.45) is 65.5 Å². The molecule has 0 spiro atoms. The molecule has 10 fully saturated rings. The van der Waals surface area contributed by atoms with Crippen LogP contribution in [-0.4, -0.2) is 39.8 Å². The third-order valence-corrected chi connectivity index (χ3v) is 36.3. The van der Waals surface area contributed by atoms with Crippen LogP contribution >= 0.6 is 0 Å². The number of hydrogen-bond acceptors (Lipinski definition) is 4. The fourth-order valence-electron chi connectivity index (χ4n) is 28.6. The molecule has 428 valence electrons. The monoisotopic (exact) mass is 1070 g/mol. The van der Waals surface area contributed by atoms with Gasteiger partial charge in [-0.05, 0) is 248 Å². The Morgan fingerprint density at radius 1 is 0.403 bits per heavy atom. The molecule has 0 saturated heterocycles. The van der Waals surface area contributed by atoms with Crippen LogP contribution in [0.2, 0.25) is 0 Å². The van der Waals surface area contributed by atoms with Gasteiger partial charge in [-0.15, -0.1) is 0 Å². The molecule has 0 aromatic carbocycles. The van der Waals surface area contributed by atoms with Crippen LogP contribution in [-0.2, 0) is 14.6 Å². The quantitative estimate of drug-likeness (QED) is 0.269. The second-order valence-electron chi connectivity index (χ2n) is 34.9. The standard InChI is InChI=1S/C72H110O4S/c1-50(2)70-41-18-34-65(47-51-23-44-57(65,3)27-16-32-62(70,8)54(51)70)71-42-21-37-67(48-52-45-60(67,6)26-13-14-31-63(71,9)55(52)71)76-72-43-22-40-69(49-53-46-61(69,7)30-17-33-64(72,10)56(53)72)77(74,75)68-38-19-35-66(73,36-20-39-68)58(4)24-11-12-25-59(68,5)29-15-28-58/h50,73H,11-49H2,1-10H3. The van der Waals surface area contributed by atoms with Gasteiger partial charge in [-0.2, -0.15) is 0 Å². The predicted molar refractivity (Wildman–Crippen MR) is 314 cm³/mol. The second-order valence-corrected chi connectivity index (χ2v) is 37.5. The lowest BCUT2D eigenvalue weighted by atomic mass is 9.43. The molecule has 4 nitrogen and oxygen atoms in total. The maximum Gasteiger partial charge on any atom is 0.163 e. The summed E-state index contributed by atoms with van der Waals surface area (Å²) in [7, 11) is -3.67. The molecule has 17 rings (SSSR count). The molecule has 10 saturated carbocycles. The first-order valence-electron chi connectivity index (χ1n) is 34.1. The van der Waals surface area contributed by atoms with Crippen LogP contribution in [0.4, 0.5) is 0 Å². The summed E-state index contributed by atoms with van der Waals surface area (Å²) in [5.41, 5.74) is 11.7. The fourth-order valence-corrected chi connectivity index (χ4v) is 32.7. The number of rotatable bonds is 6. The van der Waals surface area contributed by atoms with Gasteiger partial charge in [-0.1, -0.05) is 148 Å². The van der Waals surface area contributed by atoms with E-state index in [9.17, 15) is 5.11 Å². The highest BCUT2D eigenvalue weighted by Crippen LogP contribution is 2.91. The molecule has 0 aromatic rings. The van der Waals surface area contributed by atoms with Gasteiger partial charge in [0.05, 0.1) is 26.3 Å². The van der Waals surface area contributed by atoms with Crippen LogP contribution in [0.15, 0.2) is 33.4 Å². The summed E-state index contributed by atoms with van der Waals surface area (Å²) >= 11 is 0. The molecule has 17 aliphatic carbocycles. The van der Waals surface area contributed by atoms with E-state index in [1.807, 2.05) is 22.3 Å². The average molecular weight is 1070 g/mol. The first-order chi connectivity index (χ1) is 36.3. The Morgan fingerprint density at radius 3 is 1.68 bits per heavy atom. The number of ether oxygens (including phenoxy) is 1. The molecule has 17 aliphatic rings. The normalized spacial score (nSPS) is 56.5. The lowest BCUT2D eigenvalue weighted by molar-refractivity contribution is -0.181. The van der Waals surface area contributed by atoms with E-state index in [1.54, 1.807) is 11.1 Å². The molecule has 0 aliphatic heterocycles. The van der Waals surface area contributed by atoms with Crippen LogP contribution < -0.4 is 0 Å².